The number of carbonyl (C=O) groups is 2. The number of methoxy groups -OCH3 is 2. The number of tetrazole rings is 1. The molecule has 0 spiro atoms. The number of rotatable bonds is 9. The molecule has 2 amide bonds. The van der Waals surface area contributed by atoms with Gasteiger partial charge in [0, 0.05) is 17.6 Å². The summed E-state index contributed by atoms with van der Waals surface area (Å²) in [6, 6.07) is 5.09. The van der Waals surface area contributed by atoms with Gasteiger partial charge in [0.25, 0.3) is 0 Å². The Hall–Kier alpha value is -3.17. The summed E-state index contributed by atoms with van der Waals surface area (Å²) >= 11 is 0. The van der Waals surface area contributed by atoms with Gasteiger partial charge in [-0.25, -0.2) is 0 Å². The summed E-state index contributed by atoms with van der Waals surface area (Å²) in [6.45, 7) is 1.75. The minimum atomic E-state index is -0.537. The molecule has 4 rings (SSSR count). The summed E-state index contributed by atoms with van der Waals surface area (Å²) in [7, 11) is 3.13. The quantitative estimate of drug-likeness (QED) is 0.599. The first kappa shape index (κ1) is 24.0. The van der Waals surface area contributed by atoms with Crippen LogP contribution in [-0.2, 0) is 16.1 Å². The number of amides is 2. The Bertz CT molecular complexity index is 997. The van der Waals surface area contributed by atoms with Gasteiger partial charge in [-0.2, -0.15) is 4.80 Å². The van der Waals surface area contributed by atoms with Gasteiger partial charge in [-0.1, -0.05) is 25.7 Å². The third kappa shape index (κ3) is 5.31. The molecule has 0 radical (unpaired) electrons. The molecule has 0 aliphatic heterocycles. The van der Waals surface area contributed by atoms with Crippen LogP contribution in [0.4, 0.5) is 0 Å². The Morgan fingerprint density at radius 1 is 1.09 bits per heavy atom. The minimum Gasteiger partial charge on any atom is -0.493 e. The molecular weight excluding hydrogens is 436 g/mol. The highest BCUT2D eigenvalue weighted by atomic mass is 16.5. The molecule has 1 atom stereocenters. The Balaban J connectivity index is 1.47. The first-order valence-corrected chi connectivity index (χ1v) is 12.1. The van der Waals surface area contributed by atoms with Crippen LogP contribution in [0.1, 0.15) is 58.3 Å². The van der Waals surface area contributed by atoms with Crippen molar-refractivity contribution in [3.8, 4) is 22.9 Å². The highest BCUT2D eigenvalue weighted by Crippen LogP contribution is 2.31. The van der Waals surface area contributed by atoms with E-state index in [2.05, 4.69) is 20.7 Å². The van der Waals surface area contributed by atoms with Crippen molar-refractivity contribution >= 4 is 11.8 Å². The fourth-order valence-corrected chi connectivity index (χ4v) is 5.04. The molecule has 1 heterocycles. The molecule has 10 heteroatoms. The van der Waals surface area contributed by atoms with Crippen molar-refractivity contribution in [3.05, 3.63) is 18.2 Å². The second-order valence-corrected chi connectivity index (χ2v) is 9.12. The maximum absolute atomic E-state index is 13.4. The summed E-state index contributed by atoms with van der Waals surface area (Å²) in [5.41, 5.74) is 0.702. The minimum absolute atomic E-state index is 0.0608. The van der Waals surface area contributed by atoms with Gasteiger partial charge >= 0.3 is 0 Å². The van der Waals surface area contributed by atoms with E-state index in [1.54, 1.807) is 31.3 Å². The van der Waals surface area contributed by atoms with E-state index in [4.69, 9.17) is 9.47 Å². The fraction of sp³-hybridized carbons (Fsp3) is 0.625. The van der Waals surface area contributed by atoms with E-state index < -0.39 is 6.04 Å². The van der Waals surface area contributed by atoms with Crippen molar-refractivity contribution in [2.45, 2.75) is 83.0 Å². The molecule has 1 N–H and O–H groups in total. The Morgan fingerprint density at radius 2 is 1.76 bits per heavy atom. The lowest BCUT2D eigenvalue weighted by atomic mass is 10.1. The van der Waals surface area contributed by atoms with Crippen LogP contribution in [0.3, 0.4) is 0 Å². The molecule has 2 aliphatic rings. The van der Waals surface area contributed by atoms with Gasteiger partial charge in [-0.3, -0.25) is 9.59 Å². The van der Waals surface area contributed by atoms with E-state index in [9.17, 15) is 9.59 Å². The number of ether oxygens (including phenoxy) is 2. The molecule has 2 saturated carbocycles. The smallest absolute Gasteiger partial charge is 0.247 e. The van der Waals surface area contributed by atoms with E-state index in [1.807, 2.05) is 13.0 Å². The van der Waals surface area contributed by atoms with E-state index in [1.165, 1.54) is 4.80 Å². The van der Waals surface area contributed by atoms with E-state index in [0.29, 0.717) is 22.9 Å². The third-order valence-electron chi connectivity index (χ3n) is 6.88. The third-order valence-corrected chi connectivity index (χ3v) is 6.88. The van der Waals surface area contributed by atoms with Crippen LogP contribution in [0.15, 0.2) is 18.2 Å². The molecule has 1 aromatic carbocycles. The van der Waals surface area contributed by atoms with Crippen molar-refractivity contribution in [3.63, 3.8) is 0 Å². The number of benzene rings is 1. The number of nitrogens with one attached hydrogen (secondary N) is 1. The maximum Gasteiger partial charge on any atom is 0.247 e. The number of nitrogens with zero attached hydrogens (tertiary/aromatic N) is 5. The van der Waals surface area contributed by atoms with Crippen LogP contribution in [0.2, 0.25) is 0 Å². The van der Waals surface area contributed by atoms with Crippen molar-refractivity contribution in [2.24, 2.45) is 0 Å². The van der Waals surface area contributed by atoms with E-state index in [0.717, 1.165) is 51.4 Å². The highest BCUT2D eigenvalue weighted by Gasteiger charge is 2.35. The lowest BCUT2D eigenvalue weighted by Crippen LogP contribution is -2.54. The first-order chi connectivity index (χ1) is 16.5. The normalized spacial score (nSPS) is 17.5. The molecule has 10 nitrogen and oxygen atoms in total. The summed E-state index contributed by atoms with van der Waals surface area (Å²) in [4.78, 5) is 29.4. The standard InChI is InChI=1S/C24H34N6O4/c1-16(24(32)25-18-8-4-5-9-18)30(19-10-6-7-11-19)22(31)15-29-27-23(26-28-29)17-12-13-20(33-2)21(14-17)34-3/h12-14,16,18-19H,4-11,15H2,1-3H3,(H,25,32)/t16-/m1/s1. The predicted molar refractivity (Wildman–Crippen MR) is 125 cm³/mol. The summed E-state index contributed by atoms with van der Waals surface area (Å²) in [5, 5.41) is 15.7. The number of hydrogen-bond donors (Lipinski definition) is 1. The summed E-state index contributed by atoms with van der Waals surface area (Å²) in [6.07, 6.45) is 8.26. The average molecular weight is 471 g/mol. The zero-order valence-corrected chi connectivity index (χ0v) is 20.2. The van der Waals surface area contributed by atoms with Crippen LogP contribution in [0, 0.1) is 0 Å². The van der Waals surface area contributed by atoms with Gasteiger partial charge in [-0.15, -0.1) is 10.2 Å². The van der Waals surface area contributed by atoms with Gasteiger partial charge < -0.3 is 19.7 Å². The lowest BCUT2D eigenvalue weighted by Gasteiger charge is -2.34. The van der Waals surface area contributed by atoms with Gasteiger partial charge in [-0.05, 0) is 56.0 Å². The van der Waals surface area contributed by atoms with Crippen LogP contribution in [-0.4, -0.2) is 69.3 Å². The van der Waals surface area contributed by atoms with Gasteiger partial charge in [0.2, 0.25) is 17.6 Å². The van der Waals surface area contributed by atoms with Gasteiger partial charge in [0.05, 0.1) is 14.2 Å². The maximum atomic E-state index is 13.4. The molecule has 1 aromatic heterocycles. The molecule has 34 heavy (non-hydrogen) atoms. The van der Waals surface area contributed by atoms with Crippen LogP contribution in [0.25, 0.3) is 11.4 Å². The molecule has 0 saturated heterocycles. The first-order valence-electron chi connectivity index (χ1n) is 12.1. The van der Waals surface area contributed by atoms with Crippen LogP contribution >= 0.6 is 0 Å². The van der Waals surface area contributed by atoms with Crippen molar-refractivity contribution < 1.29 is 19.1 Å². The highest BCUT2D eigenvalue weighted by molar-refractivity contribution is 5.87. The van der Waals surface area contributed by atoms with Gasteiger partial charge in [0.1, 0.15) is 12.6 Å². The topological polar surface area (TPSA) is 111 Å². The molecule has 2 aliphatic carbocycles. The average Bonchev–Trinajstić information content (AvgIpc) is 3.62. The van der Waals surface area contributed by atoms with E-state index >= 15 is 0 Å². The number of hydrogen-bond acceptors (Lipinski definition) is 7. The Kier molecular flexibility index (Phi) is 7.64. The van der Waals surface area contributed by atoms with Gasteiger partial charge in [0.15, 0.2) is 11.5 Å². The van der Waals surface area contributed by atoms with Crippen molar-refractivity contribution in [1.82, 2.24) is 30.4 Å². The summed E-state index contributed by atoms with van der Waals surface area (Å²) in [5.74, 6) is 1.29. The lowest BCUT2D eigenvalue weighted by molar-refractivity contribution is -0.143. The SMILES string of the molecule is COc1ccc(-c2nnn(CC(=O)N(C3CCCC3)[C@H](C)C(=O)NC3CCCC3)n2)cc1OC. The molecule has 0 bridgehead atoms. The second-order valence-electron chi connectivity index (χ2n) is 9.12. The fourth-order valence-electron chi connectivity index (χ4n) is 5.04. The molecule has 184 valence electrons. The largest absolute Gasteiger partial charge is 0.493 e. The zero-order chi connectivity index (χ0) is 24.1. The number of carbonyl (C=O) groups excluding carboxylic acids is 2. The molecular formula is C24H34N6O4. The zero-order valence-electron chi connectivity index (χ0n) is 20.2. The Labute approximate surface area is 200 Å². The monoisotopic (exact) mass is 470 g/mol. The van der Waals surface area contributed by atoms with Crippen LogP contribution in [0.5, 0.6) is 11.5 Å². The van der Waals surface area contributed by atoms with Crippen molar-refractivity contribution in [2.75, 3.05) is 14.2 Å². The van der Waals surface area contributed by atoms with Crippen molar-refractivity contribution in [1.29, 1.82) is 0 Å². The molecule has 0 unspecified atom stereocenters. The summed E-state index contributed by atoms with van der Waals surface area (Å²) < 4.78 is 10.6. The molecule has 2 fully saturated rings. The number of aromatic nitrogens is 4. The second kappa shape index (κ2) is 10.8. The Morgan fingerprint density at radius 3 is 2.44 bits per heavy atom. The van der Waals surface area contributed by atoms with Crippen LogP contribution < -0.4 is 14.8 Å². The molecule has 2 aromatic rings. The van der Waals surface area contributed by atoms with E-state index in [-0.39, 0.29) is 30.4 Å². The predicted octanol–water partition coefficient (Wildman–Crippen LogP) is 2.58.